The zero-order valence-corrected chi connectivity index (χ0v) is 14.2. The molecule has 20 heavy (non-hydrogen) atoms. The van der Waals surface area contributed by atoms with Crippen molar-refractivity contribution in [1.29, 1.82) is 0 Å². The molecule has 0 aliphatic rings. The van der Waals surface area contributed by atoms with Crippen LogP contribution in [0.4, 0.5) is 0 Å². The molecule has 0 saturated heterocycles. The first-order valence-electron chi connectivity index (χ1n) is 6.75. The summed E-state index contributed by atoms with van der Waals surface area (Å²) < 4.78 is 2.70. The molecule has 0 saturated carbocycles. The highest BCUT2D eigenvalue weighted by molar-refractivity contribution is 14.1. The maximum absolute atomic E-state index is 3.64. The van der Waals surface area contributed by atoms with Gasteiger partial charge in [0.15, 0.2) is 0 Å². The molecule has 1 aromatic heterocycles. The van der Waals surface area contributed by atoms with Crippen molar-refractivity contribution in [3.05, 3.63) is 68.6 Å². The topological polar surface area (TPSA) is 12.0 Å². The Morgan fingerprint density at radius 3 is 2.65 bits per heavy atom. The van der Waals surface area contributed by atoms with Crippen LogP contribution in [0.2, 0.25) is 0 Å². The number of rotatable bonds is 4. The van der Waals surface area contributed by atoms with Crippen LogP contribution in [0.15, 0.2) is 53.9 Å². The van der Waals surface area contributed by atoms with E-state index in [9.17, 15) is 0 Å². The molecule has 0 aliphatic carbocycles. The molecule has 1 atom stereocenters. The van der Waals surface area contributed by atoms with Crippen molar-refractivity contribution in [2.24, 2.45) is 0 Å². The average molecular weight is 393 g/mol. The summed E-state index contributed by atoms with van der Waals surface area (Å²) in [6.07, 6.45) is 0. The summed E-state index contributed by atoms with van der Waals surface area (Å²) in [4.78, 5) is 0. The van der Waals surface area contributed by atoms with Crippen molar-refractivity contribution in [1.82, 2.24) is 5.32 Å². The van der Waals surface area contributed by atoms with Crippen LogP contribution in [-0.2, 0) is 0 Å². The first kappa shape index (κ1) is 14.0. The van der Waals surface area contributed by atoms with Gasteiger partial charge in [0.2, 0.25) is 0 Å². The average Bonchev–Trinajstić information content (AvgIpc) is 2.94. The third-order valence-corrected chi connectivity index (χ3v) is 5.41. The molecule has 2 aromatic carbocycles. The van der Waals surface area contributed by atoms with Crippen molar-refractivity contribution in [2.75, 3.05) is 6.54 Å². The minimum atomic E-state index is 0.260. The van der Waals surface area contributed by atoms with Gasteiger partial charge in [-0.25, -0.2) is 0 Å². The Morgan fingerprint density at radius 2 is 1.85 bits per heavy atom. The van der Waals surface area contributed by atoms with Crippen LogP contribution in [0, 0.1) is 3.57 Å². The van der Waals surface area contributed by atoms with Gasteiger partial charge in [-0.15, -0.1) is 11.3 Å². The number of halogens is 1. The number of hydrogen-bond donors (Lipinski definition) is 1. The normalized spacial score (nSPS) is 12.7. The van der Waals surface area contributed by atoms with E-state index in [1.54, 1.807) is 0 Å². The van der Waals surface area contributed by atoms with Crippen LogP contribution in [0.25, 0.3) is 10.1 Å². The predicted octanol–water partition coefficient (Wildman–Crippen LogP) is 5.20. The third-order valence-electron chi connectivity index (χ3n) is 3.44. The van der Waals surface area contributed by atoms with Gasteiger partial charge < -0.3 is 5.32 Å². The van der Waals surface area contributed by atoms with Crippen LogP contribution in [0.5, 0.6) is 0 Å². The van der Waals surface area contributed by atoms with E-state index in [0.29, 0.717) is 0 Å². The van der Waals surface area contributed by atoms with E-state index in [-0.39, 0.29) is 6.04 Å². The number of fused-ring (bicyclic) bond motifs is 1. The van der Waals surface area contributed by atoms with Gasteiger partial charge in [0.25, 0.3) is 0 Å². The predicted molar refractivity (Wildman–Crippen MR) is 96.5 cm³/mol. The van der Waals surface area contributed by atoms with Gasteiger partial charge in [-0.2, -0.15) is 0 Å². The van der Waals surface area contributed by atoms with Gasteiger partial charge in [0.1, 0.15) is 0 Å². The molecular weight excluding hydrogens is 377 g/mol. The van der Waals surface area contributed by atoms with Crippen molar-refractivity contribution >= 4 is 44.0 Å². The lowest BCUT2D eigenvalue weighted by molar-refractivity contribution is 0.632. The Morgan fingerprint density at radius 1 is 1.05 bits per heavy atom. The maximum atomic E-state index is 3.64. The lowest BCUT2D eigenvalue weighted by atomic mass is 9.97. The summed E-state index contributed by atoms with van der Waals surface area (Å²) in [6, 6.07) is 17.7. The molecule has 102 valence electrons. The molecule has 1 heterocycles. The van der Waals surface area contributed by atoms with Gasteiger partial charge in [-0.3, -0.25) is 0 Å². The van der Waals surface area contributed by atoms with Gasteiger partial charge in [0.05, 0.1) is 6.04 Å². The number of thiophene rings is 1. The lowest BCUT2D eigenvalue weighted by Gasteiger charge is -2.21. The maximum Gasteiger partial charge on any atom is 0.0601 e. The molecule has 0 amide bonds. The SMILES string of the molecule is CCNC(c1ccccc1I)c1cccc2ccsc12. The Labute approximate surface area is 137 Å². The minimum absolute atomic E-state index is 0.260. The molecule has 1 nitrogen and oxygen atoms in total. The highest BCUT2D eigenvalue weighted by atomic mass is 127. The fourth-order valence-electron chi connectivity index (χ4n) is 2.54. The molecule has 0 fully saturated rings. The van der Waals surface area contributed by atoms with Gasteiger partial charge in [-0.1, -0.05) is 43.3 Å². The number of nitrogens with one attached hydrogen (secondary N) is 1. The van der Waals surface area contributed by atoms with Crippen molar-refractivity contribution in [3.63, 3.8) is 0 Å². The molecular formula is C17H16INS. The fraction of sp³-hybridized carbons (Fsp3) is 0.176. The molecule has 3 aromatic rings. The van der Waals surface area contributed by atoms with Crippen molar-refractivity contribution in [3.8, 4) is 0 Å². The zero-order chi connectivity index (χ0) is 13.9. The largest absolute Gasteiger partial charge is 0.306 e. The second kappa shape index (κ2) is 6.24. The zero-order valence-electron chi connectivity index (χ0n) is 11.3. The smallest absolute Gasteiger partial charge is 0.0601 e. The van der Waals surface area contributed by atoms with Gasteiger partial charge >= 0.3 is 0 Å². The molecule has 3 heteroatoms. The summed E-state index contributed by atoms with van der Waals surface area (Å²) in [7, 11) is 0. The Balaban J connectivity index is 2.16. The van der Waals surface area contributed by atoms with E-state index in [1.165, 1.54) is 24.8 Å². The summed E-state index contributed by atoms with van der Waals surface area (Å²) in [5.41, 5.74) is 2.74. The summed E-state index contributed by atoms with van der Waals surface area (Å²) >= 11 is 4.25. The summed E-state index contributed by atoms with van der Waals surface area (Å²) in [5.74, 6) is 0. The van der Waals surface area contributed by atoms with Crippen LogP contribution >= 0.6 is 33.9 Å². The number of benzene rings is 2. The molecule has 0 aliphatic heterocycles. The van der Waals surface area contributed by atoms with E-state index in [0.717, 1.165) is 6.54 Å². The van der Waals surface area contributed by atoms with Crippen LogP contribution < -0.4 is 5.32 Å². The van der Waals surface area contributed by atoms with Gasteiger partial charge in [-0.05, 0) is 63.2 Å². The molecule has 0 spiro atoms. The molecule has 1 unspecified atom stereocenters. The quantitative estimate of drug-likeness (QED) is 0.601. The van der Waals surface area contributed by atoms with Crippen LogP contribution in [-0.4, -0.2) is 6.54 Å². The van der Waals surface area contributed by atoms with Crippen molar-refractivity contribution < 1.29 is 0 Å². The van der Waals surface area contributed by atoms with Crippen molar-refractivity contribution in [2.45, 2.75) is 13.0 Å². The Kier molecular flexibility index (Phi) is 4.38. The van der Waals surface area contributed by atoms with Crippen LogP contribution in [0.1, 0.15) is 24.1 Å². The van der Waals surface area contributed by atoms with E-state index in [4.69, 9.17) is 0 Å². The standard InChI is InChI=1S/C17H16INS/c1-2-19-16(13-7-3-4-9-15(13)18)14-8-5-6-12-10-11-20-17(12)14/h3-11,16,19H,2H2,1H3. The summed E-state index contributed by atoms with van der Waals surface area (Å²) in [6.45, 7) is 3.12. The first-order chi connectivity index (χ1) is 9.81. The first-order valence-corrected chi connectivity index (χ1v) is 8.71. The lowest BCUT2D eigenvalue weighted by Crippen LogP contribution is -2.22. The fourth-order valence-corrected chi connectivity index (χ4v) is 4.19. The Bertz CT molecular complexity index is 720. The molecule has 3 rings (SSSR count). The number of hydrogen-bond acceptors (Lipinski definition) is 2. The van der Waals surface area contributed by atoms with Crippen LogP contribution in [0.3, 0.4) is 0 Å². The Hall–Kier alpha value is -0.910. The van der Waals surface area contributed by atoms with E-state index < -0.39 is 0 Å². The van der Waals surface area contributed by atoms with E-state index >= 15 is 0 Å². The van der Waals surface area contributed by atoms with E-state index in [2.05, 4.69) is 88.7 Å². The highest BCUT2D eigenvalue weighted by Crippen LogP contribution is 2.33. The minimum Gasteiger partial charge on any atom is -0.306 e. The highest BCUT2D eigenvalue weighted by Gasteiger charge is 2.18. The van der Waals surface area contributed by atoms with Gasteiger partial charge in [0, 0.05) is 8.27 Å². The molecule has 0 bridgehead atoms. The molecule has 0 radical (unpaired) electrons. The second-order valence-electron chi connectivity index (χ2n) is 4.70. The third kappa shape index (κ3) is 2.62. The second-order valence-corrected chi connectivity index (χ2v) is 6.78. The monoisotopic (exact) mass is 393 g/mol. The summed E-state index contributed by atoms with van der Waals surface area (Å²) in [5, 5.41) is 7.15. The molecule has 1 N–H and O–H groups in total. The van der Waals surface area contributed by atoms with E-state index in [1.807, 2.05) is 11.3 Å².